The molecule has 0 saturated heterocycles. The summed E-state index contributed by atoms with van der Waals surface area (Å²) in [5, 5.41) is 4.04. The molecule has 3 aromatic carbocycles. The Morgan fingerprint density at radius 1 is 0.893 bits per heavy atom. The fourth-order valence-corrected chi connectivity index (χ4v) is 3.43. The summed E-state index contributed by atoms with van der Waals surface area (Å²) >= 11 is 24.4. The minimum Gasteiger partial charge on any atom is -0.436 e. The number of nitrogens with zero attached hydrogens (tertiary/aromatic N) is 1. The van der Waals surface area contributed by atoms with E-state index in [0.717, 1.165) is 0 Å². The molecule has 4 nitrogen and oxygen atoms in total. The molecule has 0 spiro atoms. The summed E-state index contributed by atoms with van der Waals surface area (Å²) in [4.78, 5) is 16.9. The largest absolute Gasteiger partial charge is 0.436 e. The number of hydrogen-bond donors (Lipinski definition) is 1. The Morgan fingerprint density at radius 3 is 2.39 bits per heavy atom. The zero-order chi connectivity index (χ0) is 19.8. The van der Waals surface area contributed by atoms with Gasteiger partial charge in [-0.2, -0.15) is 0 Å². The molecule has 0 aliphatic heterocycles. The summed E-state index contributed by atoms with van der Waals surface area (Å²) in [5.41, 5.74) is 2.49. The zero-order valence-electron chi connectivity index (χ0n) is 14.0. The van der Waals surface area contributed by atoms with E-state index in [1.807, 2.05) is 0 Å². The van der Waals surface area contributed by atoms with Gasteiger partial charge < -0.3 is 9.73 Å². The van der Waals surface area contributed by atoms with Crippen molar-refractivity contribution >= 4 is 69.1 Å². The molecule has 0 unspecified atom stereocenters. The molecular formula is C20H10Cl4N2O2. The molecule has 0 atom stereocenters. The number of oxazole rings is 1. The summed E-state index contributed by atoms with van der Waals surface area (Å²) in [6, 6.07) is 15.2. The molecule has 1 amide bonds. The molecule has 0 bridgehead atoms. The lowest BCUT2D eigenvalue weighted by molar-refractivity contribution is 0.102. The highest BCUT2D eigenvalue weighted by Gasteiger charge is 2.16. The van der Waals surface area contributed by atoms with Gasteiger partial charge in [-0.25, -0.2) is 4.98 Å². The third-order valence-electron chi connectivity index (χ3n) is 4.02. The Balaban J connectivity index is 1.66. The predicted octanol–water partition coefficient (Wildman–Crippen LogP) is 7.36. The van der Waals surface area contributed by atoms with E-state index in [9.17, 15) is 4.79 Å². The predicted molar refractivity (Wildman–Crippen MR) is 114 cm³/mol. The number of amides is 1. The highest BCUT2D eigenvalue weighted by molar-refractivity contribution is 6.44. The van der Waals surface area contributed by atoms with E-state index < -0.39 is 0 Å². The maximum Gasteiger partial charge on any atom is 0.257 e. The van der Waals surface area contributed by atoms with Crippen molar-refractivity contribution in [1.29, 1.82) is 0 Å². The molecule has 0 saturated carbocycles. The molecule has 0 aliphatic carbocycles. The lowest BCUT2D eigenvalue weighted by Crippen LogP contribution is -2.12. The number of fused-ring (bicyclic) bond motifs is 1. The van der Waals surface area contributed by atoms with Gasteiger partial charge in [0, 0.05) is 11.8 Å². The van der Waals surface area contributed by atoms with E-state index in [-0.39, 0.29) is 16.5 Å². The number of carbonyl (C=O) groups excluding carboxylic acids is 1. The average Bonchev–Trinajstić information content (AvgIpc) is 3.09. The van der Waals surface area contributed by atoms with Gasteiger partial charge >= 0.3 is 0 Å². The van der Waals surface area contributed by atoms with Gasteiger partial charge in [0.05, 0.1) is 31.2 Å². The van der Waals surface area contributed by atoms with Crippen molar-refractivity contribution < 1.29 is 9.21 Å². The highest BCUT2D eigenvalue weighted by Crippen LogP contribution is 2.35. The monoisotopic (exact) mass is 450 g/mol. The highest BCUT2D eigenvalue weighted by atomic mass is 35.5. The second-order valence-corrected chi connectivity index (χ2v) is 7.43. The fraction of sp³-hybridized carbons (Fsp3) is 0. The Labute approximate surface area is 180 Å². The van der Waals surface area contributed by atoms with Crippen molar-refractivity contribution in [2.24, 2.45) is 0 Å². The fourth-order valence-electron chi connectivity index (χ4n) is 2.66. The minimum atomic E-state index is -0.385. The van der Waals surface area contributed by atoms with Crippen LogP contribution in [0.15, 0.2) is 59.0 Å². The van der Waals surface area contributed by atoms with Gasteiger partial charge in [0.25, 0.3) is 5.91 Å². The van der Waals surface area contributed by atoms with Gasteiger partial charge in [0.15, 0.2) is 5.58 Å². The van der Waals surface area contributed by atoms with Crippen molar-refractivity contribution in [2.45, 2.75) is 0 Å². The van der Waals surface area contributed by atoms with Crippen molar-refractivity contribution in [3.8, 4) is 11.5 Å². The van der Waals surface area contributed by atoms with Gasteiger partial charge in [0.2, 0.25) is 5.89 Å². The lowest BCUT2D eigenvalue weighted by Gasteiger charge is -2.07. The second kappa shape index (κ2) is 7.64. The summed E-state index contributed by atoms with van der Waals surface area (Å²) in [6.45, 7) is 0. The first-order valence-corrected chi connectivity index (χ1v) is 9.55. The summed E-state index contributed by atoms with van der Waals surface area (Å²) in [5.74, 6) is -0.0478. The number of anilines is 1. The Kier molecular flexibility index (Phi) is 5.21. The number of hydrogen-bond acceptors (Lipinski definition) is 3. The van der Waals surface area contributed by atoms with Crippen molar-refractivity contribution in [1.82, 2.24) is 4.98 Å². The van der Waals surface area contributed by atoms with E-state index in [1.165, 1.54) is 0 Å². The molecule has 0 fully saturated rings. The Hall–Kier alpha value is -2.24. The van der Waals surface area contributed by atoms with Crippen LogP contribution in [-0.2, 0) is 0 Å². The van der Waals surface area contributed by atoms with Crippen LogP contribution in [0.4, 0.5) is 5.69 Å². The standard InChI is InChI=1S/C20H10Cl4N2O2/c21-13-5-1-3-11(17(13)23)19(27)25-10-7-8-15-16(9-10)28-20(26-15)12-4-2-6-14(22)18(12)24/h1-9H,(H,25,27). The molecule has 0 aliphatic rings. The number of carbonyl (C=O) groups is 1. The SMILES string of the molecule is O=C(Nc1ccc2nc(-c3cccc(Cl)c3Cl)oc2c1)c1cccc(Cl)c1Cl. The molecule has 1 aromatic heterocycles. The van der Waals surface area contributed by atoms with E-state index in [4.69, 9.17) is 50.8 Å². The lowest BCUT2D eigenvalue weighted by atomic mass is 10.2. The van der Waals surface area contributed by atoms with Gasteiger partial charge in [-0.15, -0.1) is 0 Å². The first-order chi connectivity index (χ1) is 13.4. The maximum atomic E-state index is 12.5. The quantitative estimate of drug-likeness (QED) is 0.354. The van der Waals surface area contributed by atoms with Crippen molar-refractivity contribution in [2.75, 3.05) is 5.32 Å². The van der Waals surface area contributed by atoms with E-state index in [1.54, 1.807) is 54.6 Å². The second-order valence-electron chi connectivity index (χ2n) is 5.86. The van der Waals surface area contributed by atoms with E-state index in [0.29, 0.717) is 43.3 Å². The average molecular weight is 452 g/mol. The van der Waals surface area contributed by atoms with Gasteiger partial charge in [-0.05, 0) is 36.4 Å². The van der Waals surface area contributed by atoms with Crippen LogP contribution in [0.2, 0.25) is 20.1 Å². The molecule has 4 rings (SSSR count). The molecule has 4 aromatic rings. The summed E-state index contributed by atoms with van der Waals surface area (Å²) < 4.78 is 5.81. The number of aromatic nitrogens is 1. The van der Waals surface area contributed by atoms with Gasteiger partial charge in [0.1, 0.15) is 5.52 Å². The minimum absolute atomic E-state index is 0.195. The number of halogens is 4. The van der Waals surface area contributed by atoms with Crippen LogP contribution in [-0.4, -0.2) is 10.9 Å². The first kappa shape index (κ1) is 19.1. The van der Waals surface area contributed by atoms with Crippen molar-refractivity contribution in [3.63, 3.8) is 0 Å². The zero-order valence-corrected chi connectivity index (χ0v) is 17.0. The maximum absolute atomic E-state index is 12.5. The van der Waals surface area contributed by atoms with Crippen LogP contribution >= 0.6 is 46.4 Å². The first-order valence-electron chi connectivity index (χ1n) is 8.04. The topological polar surface area (TPSA) is 55.1 Å². The summed E-state index contributed by atoms with van der Waals surface area (Å²) in [6.07, 6.45) is 0. The molecule has 140 valence electrons. The number of benzene rings is 3. The molecule has 1 heterocycles. The van der Waals surface area contributed by atoms with Crippen molar-refractivity contribution in [3.05, 3.63) is 80.3 Å². The third kappa shape index (κ3) is 3.56. The smallest absolute Gasteiger partial charge is 0.257 e. The Morgan fingerprint density at radius 2 is 1.61 bits per heavy atom. The molecule has 0 radical (unpaired) electrons. The van der Waals surface area contributed by atoms with Crippen LogP contribution in [0.25, 0.3) is 22.6 Å². The molecular weight excluding hydrogens is 442 g/mol. The van der Waals surface area contributed by atoms with Gasteiger partial charge in [-0.1, -0.05) is 58.5 Å². The van der Waals surface area contributed by atoms with Crippen LogP contribution in [0.3, 0.4) is 0 Å². The van der Waals surface area contributed by atoms with Crippen LogP contribution < -0.4 is 5.32 Å². The normalized spacial score (nSPS) is 11.0. The van der Waals surface area contributed by atoms with E-state index >= 15 is 0 Å². The number of nitrogens with one attached hydrogen (secondary N) is 1. The van der Waals surface area contributed by atoms with Crippen LogP contribution in [0.5, 0.6) is 0 Å². The van der Waals surface area contributed by atoms with Crippen LogP contribution in [0, 0.1) is 0 Å². The van der Waals surface area contributed by atoms with Crippen LogP contribution in [0.1, 0.15) is 10.4 Å². The molecule has 1 N–H and O–H groups in total. The molecule has 28 heavy (non-hydrogen) atoms. The molecule has 8 heteroatoms. The summed E-state index contributed by atoms with van der Waals surface area (Å²) in [7, 11) is 0. The third-order valence-corrected chi connectivity index (χ3v) is 5.66. The number of rotatable bonds is 3. The Bertz CT molecular complexity index is 1220. The van der Waals surface area contributed by atoms with E-state index in [2.05, 4.69) is 10.3 Å². The van der Waals surface area contributed by atoms with Gasteiger partial charge in [-0.3, -0.25) is 4.79 Å².